The molecule has 4 heteroatoms. The quantitative estimate of drug-likeness (QED) is 0.926. The van der Waals surface area contributed by atoms with Gasteiger partial charge in [-0.05, 0) is 31.7 Å². The van der Waals surface area contributed by atoms with Crippen molar-refractivity contribution in [2.45, 2.75) is 82.0 Å². The Morgan fingerprint density at radius 2 is 2.00 bits per heavy atom. The largest absolute Gasteiger partial charge is 0.387 e. The second-order valence-corrected chi connectivity index (χ2v) is 6.83. The van der Waals surface area contributed by atoms with Gasteiger partial charge >= 0.3 is 0 Å². The van der Waals surface area contributed by atoms with E-state index >= 15 is 0 Å². The Hall–Kier alpha value is -0.870. The SMILES string of the molecule is COC1CCCCC1(O)Cc1ccn(C2CCCCC2)n1. The fraction of sp³-hybridized carbons (Fsp3) is 0.824. The molecule has 0 spiro atoms. The highest BCUT2D eigenvalue weighted by Crippen LogP contribution is 2.33. The molecule has 0 amide bonds. The van der Waals surface area contributed by atoms with Crippen molar-refractivity contribution in [3.05, 3.63) is 18.0 Å². The molecule has 4 nitrogen and oxygen atoms in total. The molecular formula is C17H28N2O2. The van der Waals surface area contributed by atoms with Crippen LogP contribution in [-0.4, -0.2) is 33.7 Å². The van der Waals surface area contributed by atoms with Crippen LogP contribution in [0.1, 0.15) is 69.5 Å². The Labute approximate surface area is 127 Å². The summed E-state index contributed by atoms with van der Waals surface area (Å²) in [5.41, 5.74) is 0.269. The van der Waals surface area contributed by atoms with Crippen LogP contribution in [-0.2, 0) is 11.2 Å². The predicted octanol–water partition coefficient (Wildman–Crippen LogP) is 3.25. The maximum atomic E-state index is 10.9. The molecule has 2 fully saturated rings. The minimum Gasteiger partial charge on any atom is -0.387 e. The van der Waals surface area contributed by atoms with Crippen molar-refractivity contribution in [1.82, 2.24) is 9.78 Å². The van der Waals surface area contributed by atoms with Gasteiger partial charge in [-0.15, -0.1) is 0 Å². The molecule has 0 aliphatic heterocycles. The summed E-state index contributed by atoms with van der Waals surface area (Å²) >= 11 is 0. The summed E-state index contributed by atoms with van der Waals surface area (Å²) in [4.78, 5) is 0. The van der Waals surface area contributed by atoms with E-state index in [9.17, 15) is 5.11 Å². The maximum absolute atomic E-state index is 10.9. The maximum Gasteiger partial charge on any atom is 0.0963 e. The molecule has 1 heterocycles. The van der Waals surface area contributed by atoms with Crippen LogP contribution >= 0.6 is 0 Å². The molecule has 2 aliphatic carbocycles. The van der Waals surface area contributed by atoms with E-state index in [2.05, 4.69) is 16.9 Å². The summed E-state index contributed by atoms with van der Waals surface area (Å²) in [5.74, 6) is 0. The van der Waals surface area contributed by atoms with Gasteiger partial charge in [0, 0.05) is 19.7 Å². The Morgan fingerprint density at radius 3 is 2.76 bits per heavy atom. The Kier molecular flexibility index (Phi) is 4.65. The van der Waals surface area contributed by atoms with Gasteiger partial charge in [0.15, 0.2) is 0 Å². The number of hydrogen-bond acceptors (Lipinski definition) is 3. The number of rotatable bonds is 4. The van der Waals surface area contributed by atoms with E-state index in [0.717, 1.165) is 31.4 Å². The number of hydrogen-bond donors (Lipinski definition) is 1. The molecule has 2 atom stereocenters. The standard InChI is InChI=1S/C17H28N2O2/c1-21-16-9-5-6-11-17(16,20)13-14-10-12-19(18-14)15-7-3-2-4-8-15/h10,12,15-16,20H,2-9,11,13H2,1H3. The third-order valence-electron chi connectivity index (χ3n) is 5.31. The molecule has 2 unspecified atom stereocenters. The first-order valence-electron chi connectivity index (χ1n) is 8.50. The van der Waals surface area contributed by atoms with Crippen molar-refractivity contribution >= 4 is 0 Å². The van der Waals surface area contributed by atoms with Crippen LogP contribution in [0.15, 0.2) is 12.3 Å². The first-order valence-corrected chi connectivity index (χ1v) is 8.50. The molecule has 3 rings (SSSR count). The van der Waals surface area contributed by atoms with Gasteiger partial charge in [-0.3, -0.25) is 4.68 Å². The Morgan fingerprint density at radius 1 is 1.24 bits per heavy atom. The number of ether oxygens (including phenoxy) is 1. The lowest BCUT2D eigenvalue weighted by atomic mass is 9.79. The van der Waals surface area contributed by atoms with Crippen molar-refractivity contribution in [2.24, 2.45) is 0 Å². The van der Waals surface area contributed by atoms with Gasteiger partial charge in [0.05, 0.1) is 23.4 Å². The lowest BCUT2D eigenvalue weighted by Gasteiger charge is -2.38. The molecule has 2 aliphatic rings. The van der Waals surface area contributed by atoms with E-state index in [1.165, 1.54) is 32.1 Å². The second-order valence-electron chi connectivity index (χ2n) is 6.83. The topological polar surface area (TPSA) is 47.3 Å². The van der Waals surface area contributed by atoms with Crippen LogP contribution in [0.3, 0.4) is 0 Å². The van der Waals surface area contributed by atoms with Crippen LogP contribution in [0.5, 0.6) is 0 Å². The molecule has 0 saturated heterocycles. The lowest BCUT2D eigenvalue weighted by molar-refractivity contribution is -0.116. The zero-order valence-corrected chi connectivity index (χ0v) is 13.1. The fourth-order valence-electron chi connectivity index (χ4n) is 4.06. The molecule has 0 bridgehead atoms. The fourth-order valence-corrected chi connectivity index (χ4v) is 4.06. The molecule has 0 aromatic carbocycles. The lowest BCUT2D eigenvalue weighted by Crippen LogP contribution is -2.47. The zero-order chi connectivity index (χ0) is 14.7. The average molecular weight is 292 g/mol. The van der Waals surface area contributed by atoms with Crippen molar-refractivity contribution < 1.29 is 9.84 Å². The predicted molar refractivity (Wildman–Crippen MR) is 82.3 cm³/mol. The summed E-state index contributed by atoms with van der Waals surface area (Å²) in [6.45, 7) is 0. The summed E-state index contributed by atoms with van der Waals surface area (Å²) in [6, 6.07) is 2.64. The average Bonchev–Trinajstić information content (AvgIpc) is 2.96. The van der Waals surface area contributed by atoms with Crippen molar-refractivity contribution in [3.63, 3.8) is 0 Å². The normalized spacial score (nSPS) is 31.4. The third kappa shape index (κ3) is 3.32. The minimum absolute atomic E-state index is 0.0499. The molecule has 2 saturated carbocycles. The minimum atomic E-state index is -0.737. The van der Waals surface area contributed by atoms with Gasteiger partial charge in [-0.2, -0.15) is 5.10 Å². The van der Waals surface area contributed by atoms with Crippen molar-refractivity contribution in [1.29, 1.82) is 0 Å². The second kappa shape index (κ2) is 6.49. The van der Waals surface area contributed by atoms with Crippen molar-refractivity contribution in [3.8, 4) is 0 Å². The van der Waals surface area contributed by atoms with Gasteiger partial charge in [0.2, 0.25) is 0 Å². The van der Waals surface area contributed by atoms with E-state index < -0.39 is 5.60 Å². The van der Waals surface area contributed by atoms with Crippen LogP contribution in [0.25, 0.3) is 0 Å². The van der Waals surface area contributed by atoms with Gasteiger partial charge in [-0.1, -0.05) is 32.1 Å². The number of aliphatic hydroxyl groups is 1. The van der Waals surface area contributed by atoms with Crippen molar-refractivity contribution in [2.75, 3.05) is 7.11 Å². The number of nitrogens with zero attached hydrogens (tertiary/aromatic N) is 2. The summed E-state index contributed by atoms with van der Waals surface area (Å²) in [5, 5.41) is 15.7. The molecule has 1 aromatic heterocycles. The van der Waals surface area contributed by atoms with Gasteiger partial charge in [0.1, 0.15) is 0 Å². The highest BCUT2D eigenvalue weighted by molar-refractivity contribution is 5.07. The van der Waals surface area contributed by atoms with Crippen LogP contribution in [0.2, 0.25) is 0 Å². The molecule has 1 N–H and O–H groups in total. The van der Waals surface area contributed by atoms with Gasteiger partial charge in [-0.25, -0.2) is 0 Å². The van der Waals surface area contributed by atoms with E-state index in [1.54, 1.807) is 7.11 Å². The van der Waals surface area contributed by atoms with E-state index in [1.807, 2.05) is 0 Å². The number of methoxy groups -OCH3 is 1. The summed E-state index contributed by atoms with van der Waals surface area (Å²) in [7, 11) is 1.71. The molecule has 118 valence electrons. The summed E-state index contributed by atoms with van der Waals surface area (Å²) < 4.78 is 7.64. The molecule has 21 heavy (non-hydrogen) atoms. The molecule has 0 radical (unpaired) electrons. The van der Waals surface area contributed by atoms with E-state index in [-0.39, 0.29) is 6.10 Å². The summed E-state index contributed by atoms with van der Waals surface area (Å²) in [6.07, 6.45) is 13.1. The highest BCUT2D eigenvalue weighted by Gasteiger charge is 2.39. The third-order valence-corrected chi connectivity index (χ3v) is 5.31. The first kappa shape index (κ1) is 15.0. The number of aromatic nitrogens is 2. The molecule has 1 aromatic rings. The monoisotopic (exact) mass is 292 g/mol. The van der Waals surface area contributed by atoms with Crippen LogP contribution in [0.4, 0.5) is 0 Å². The first-order chi connectivity index (χ1) is 10.2. The highest BCUT2D eigenvalue weighted by atomic mass is 16.5. The van der Waals surface area contributed by atoms with Gasteiger partial charge < -0.3 is 9.84 Å². The Bertz CT molecular complexity index is 453. The van der Waals surface area contributed by atoms with Crippen LogP contribution in [0, 0.1) is 0 Å². The Balaban J connectivity index is 1.68. The van der Waals surface area contributed by atoms with E-state index in [0.29, 0.717) is 12.5 Å². The van der Waals surface area contributed by atoms with Gasteiger partial charge in [0.25, 0.3) is 0 Å². The zero-order valence-electron chi connectivity index (χ0n) is 13.1. The van der Waals surface area contributed by atoms with E-state index in [4.69, 9.17) is 9.84 Å². The molecular weight excluding hydrogens is 264 g/mol. The van der Waals surface area contributed by atoms with Crippen LogP contribution < -0.4 is 0 Å². The smallest absolute Gasteiger partial charge is 0.0963 e.